The van der Waals surface area contributed by atoms with E-state index < -0.39 is 66.0 Å². The first kappa shape index (κ1) is 35.0. The first-order chi connectivity index (χ1) is 18.0. The Bertz CT molecular complexity index is 845. The summed E-state index contributed by atoms with van der Waals surface area (Å²) >= 11 is 0. The molecule has 16 heteroatoms. The van der Waals surface area contributed by atoms with Crippen molar-refractivity contribution in [2.75, 3.05) is 33.2 Å². The summed E-state index contributed by atoms with van der Waals surface area (Å²) in [5, 5.41) is 23.7. The lowest BCUT2D eigenvalue weighted by atomic mass is 10.1. The Labute approximate surface area is 229 Å². The van der Waals surface area contributed by atoms with Crippen molar-refractivity contribution in [2.24, 2.45) is 0 Å². The minimum Gasteiger partial charge on any atom is -0.480 e. The summed E-state index contributed by atoms with van der Waals surface area (Å²) in [6, 6.07) is -3.30. The van der Waals surface area contributed by atoms with E-state index in [0.29, 0.717) is 19.3 Å². The summed E-state index contributed by atoms with van der Waals surface area (Å²) in [4.78, 5) is 83.6. The molecule has 0 spiro atoms. The van der Waals surface area contributed by atoms with Gasteiger partial charge in [-0.3, -0.25) is 28.8 Å². The van der Waals surface area contributed by atoms with Crippen molar-refractivity contribution >= 4 is 63.0 Å². The maximum atomic E-state index is 12.3. The summed E-state index contributed by atoms with van der Waals surface area (Å²) < 4.78 is 0. The van der Waals surface area contributed by atoms with Crippen LogP contribution in [0.5, 0.6) is 0 Å². The zero-order valence-corrected chi connectivity index (χ0v) is 23.6. The lowest BCUT2D eigenvalue weighted by Gasteiger charge is -2.19. The normalized spacial score (nSPS) is 12.7. The average molecular weight is 579 g/mol. The standard InChI is InChI=1S/C22H38N6O8S2/c1-23-18(31)10-13(20(33)24-2)26-16(29)8-6-5-7-9-17(30)27-14(21(34)25-3)11-19(32)28-15(22(35)36)12-38-37-4/h13-15H,5-12H2,1-4H3,(H,23,31)(H,24,33)(H,25,34)(H,26,29)(H,27,30)(H,28,32)(H,35,36). The number of carboxylic acids is 1. The minimum atomic E-state index is -1.20. The van der Waals surface area contributed by atoms with Gasteiger partial charge < -0.3 is 37.0 Å². The quantitative estimate of drug-likeness (QED) is 0.0696. The van der Waals surface area contributed by atoms with Crippen molar-refractivity contribution in [1.29, 1.82) is 0 Å². The van der Waals surface area contributed by atoms with E-state index >= 15 is 0 Å². The van der Waals surface area contributed by atoms with Gasteiger partial charge in [0.25, 0.3) is 0 Å². The number of carbonyl (C=O) groups excluding carboxylic acids is 6. The Hall–Kier alpha value is -3.01. The molecule has 0 heterocycles. The first-order valence-corrected chi connectivity index (χ1v) is 14.6. The molecule has 0 radical (unpaired) electrons. The van der Waals surface area contributed by atoms with Gasteiger partial charge in [-0.15, -0.1) is 0 Å². The van der Waals surface area contributed by atoms with Crippen LogP contribution in [-0.4, -0.2) is 97.8 Å². The molecule has 38 heavy (non-hydrogen) atoms. The Morgan fingerprint density at radius 1 is 0.632 bits per heavy atom. The number of hydrogen-bond donors (Lipinski definition) is 7. The monoisotopic (exact) mass is 578 g/mol. The number of unbranched alkanes of at least 4 members (excludes halogenated alkanes) is 2. The Morgan fingerprint density at radius 2 is 1.08 bits per heavy atom. The number of rotatable bonds is 19. The zero-order chi connectivity index (χ0) is 29.1. The molecule has 0 rings (SSSR count). The summed E-state index contributed by atoms with van der Waals surface area (Å²) in [6.45, 7) is 0. The topological polar surface area (TPSA) is 212 Å². The third-order valence-electron chi connectivity index (χ3n) is 5.15. The van der Waals surface area contributed by atoms with Crippen LogP contribution in [0, 0.1) is 0 Å². The van der Waals surface area contributed by atoms with Crippen LogP contribution in [0.2, 0.25) is 0 Å². The van der Waals surface area contributed by atoms with E-state index in [-0.39, 0.29) is 25.0 Å². The van der Waals surface area contributed by atoms with E-state index in [4.69, 9.17) is 0 Å². The van der Waals surface area contributed by atoms with Gasteiger partial charge in [-0.2, -0.15) is 0 Å². The summed E-state index contributed by atoms with van der Waals surface area (Å²) in [5.74, 6) is -4.13. The highest BCUT2D eigenvalue weighted by molar-refractivity contribution is 8.76. The Morgan fingerprint density at radius 3 is 1.47 bits per heavy atom. The van der Waals surface area contributed by atoms with Gasteiger partial charge in [0, 0.05) is 39.7 Å². The van der Waals surface area contributed by atoms with Gasteiger partial charge in [0.1, 0.15) is 18.1 Å². The molecule has 0 aliphatic heterocycles. The summed E-state index contributed by atoms with van der Waals surface area (Å²) in [7, 11) is 6.79. The third kappa shape index (κ3) is 15.3. The van der Waals surface area contributed by atoms with Gasteiger partial charge in [0.05, 0.1) is 12.8 Å². The smallest absolute Gasteiger partial charge is 0.327 e. The highest BCUT2D eigenvalue weighted by atomic mass is 33.1. The molecular weight excluding hydrogens is 540 g/mol. The highest BCUT2D eigenvalue weighted by Gasteiger charge is 2.26. The van der Waals surface area contributed by atoms with Crippen molar-refractivity contribution in [3.8, 4) is 0 Å². The molecule has 0 aliphatic rings. The van der Waals surface area contributed by atoms with Crippen LogP contribution < -0.4 is 31.9 Å². The molecule has 0 aromatic rings. The molecule has 14 nitrogen and oxygen atoms in total. The predicted molar refractivity (Wildman–Crippen MR) is 144 cm³/mol. The van der Waals surface area contributed by atoms with Crippen molar-refractivity contribution in [3.05, 3.63) is 0 Å². The van der Waals surface area contributed by atoms with Gasteiger partial charge in [0.2, 0.25) is 35.4 Å². The Balaban J connectivity index is 4.61. The highest BCUT2D eigenvalue weighted by Crippen LogP contribution is 2.17. The van der Waals surface area contributed by atoms with E-state index in [1.807, 2.05) is 0 Å². The summed E-state index contributed by atoms with van der Waals surface area (Å²) in [5.41, 5.74) is 0. The van der Waals surface area contributed by atoms with Crippen LogP contribution >= 0.6 is 21.6 Å². The Kier molecular flexibility index (Phi) is 18.4. The molecule has 216 valence electrons. The SMILES string of the molecule is CNC(=O)CC(NC(=O)CCCCCC(=O)NC(CC(=O)NC(CSSC)C(=O)O)C(=O)NC)C(=O)NC. The second kappa shape index (κ2) is 20.0. The molecule has 6 amide bonds. The number of carbonyl (C=O) groups is 7. The molecule has 0 saturated carbocycles. The molecule has 0 aromatic carbocycles. The lowest BCUT2D eigenvalue weighted by molar-refractivity contribution is -0.141. The van der Waals surface area contributed by atoms with Crippen LogP contribution in [0.3, 0.4) is 0 Å². The molecule has 0 aromatic heterocycles. The fraction of sp³-hybridized carbons (Fsp3) is 0.682. The largest absolute Gasteiger partial charge is 0.480 e. The molecule has 3 atom stereocenters. The van der Waals surface area contributed by atoms with Crippen LogP contribution in [0.25, 0.3) is 0 Å². The number of carboxylic acid groups (broad SMARTS) is 1. The predicted octanol–water partition coefficient (Wildman–Crippen LogP) is -1.49. The third-order valence-corrected chi connectivity index (χ3v) is 6.97. The van der Waals surface area contributed by atoms with Gasteiger partial charge in [-0.05, 0) is 19.1 Å². The van der Waals surface area contributed by atoms with Crippen molar-refractivity contribution < 1.29 is 38.7 Å². The van der Waals surface area contributed by atoms with E-state index in [1.165, 1.54) is 42.7 Å². The number of aliphatic carboxylic acids is 1. The molecule has 3 unspecified atom stereocenters. The molecule has 7 N–H and O–H groups in total. The number of hydrogen-bond acceptors (Lipinski definition) is 9. The second-order valence-electron chi connectivity index (χ2n) is 8.02. The van der Waals surface area contributed by atoms with E-state index in [9.17, 15) is 38.7 Å². The van der Waals surface area contributed by atoms with E-state index in [2.05, 4.69) is 31.9 Å². The summed E-state index contributed by atoms with van der Waals surface area (Å²) in [6.07, 6.45) is 2.60. The van der Waals surface area contributed by atoms with Crippen LogP contribution in [0.1, 0.15) is 44.9 Å². The molecule has 0 fully saturated rings. The van der Waals surface area contributed by atoms with Gasteiger partial charge in [0.15, 0.2) is 0 Å². The van der Waals surface area contributed by atoms with Crippen molar-refractivity contribution in [3.63, 3.8) is 0 Å². The maximum Gasteiger partial charge on any atom is 0.327 e. The second-order valence-corrected chi connectivity index (χ2v) is 10.6. The zero-order valence-electron chi connectivity index (χ0n) is 22.0. The molecule has 0 aliphatic carbocycles. The fourth-order valence-electron chi connectivity index (χ4n) is 3.08. The van der Waals surface area contributed by atoms with Crippen LogP contribution in [-0.2, 0) is 33.6 Å². The minimum absolute atomic E-state index is 0.0381. The van der Waals surface area contributed by atoms with Crippen molar-refractivity contribution in [2.45, 2.75) is 63.1 Å². The van der Waals surface area contributed by atoms with Crippen LogP contribution in [0.15, 0.2) is 0 Å². The number of nitrogens with one attached hydrogen (secondary N) is 6. The molecular formula is C22H38N6O8S2. The van der Waals surface area contributed by atoms with E-state index in [0.717, 1.165) is 0 Å². The van der Waals surface area contributed by atoms with Gasteiger partial charge >= 0.3 is 5.97 Å². The molecule has 0 bridgehead atoms. The average Bonchev–Trinajstić information content (AvgIpc) is 2.88. The van der Waals surface area contributed by atoms with E-state index in [1.54, 1.807) is 6.26 Å². The number of likely N-dealkylation sites (N-methyl/N-ethyl adjacent to an activating group) is 2. The molecule has 0 saturated heterocycles. The van der Waals surface area contributed by atoms with Crippen molar-refractivity contribution in [1.82, 2.24) is 31.9 Å². The fourth-order valence-corrected chi connectivity index (χ4v) is 4.40. The maximum absolute atomic E-state index is 12.3. The first-order valence-electron chi connectivity index (χ1n) is 11.9. The van der Waals surface area contributed by atoms with Gasteiger partial charge in [-0.25, -0.2) is 4.79 Å². The number of amides is 6. The van der Waals surface area contributed by atoms with Crippen LogP contribution in [0.4, 0.5) is 0 Å². The van der Waals surface area contributed by atoms with Gasteiger partial charge in [-0.1, -0.05) is 28.0 Å². The lowest BCUT2D eigenvalue weighted by Crippen LogP contribution is -2.50.